The van der Waals surface area contributed by atoms with E-state index in [-0.39, 0.29) is 6.03 Å². The number of aromatic nitrogens is 2. The molecule has 0 aliphatic heterocycles. The van der Waals surface area contributed by atoms with Crippen molar-refractivity contribution in [2.45, 2.75) is 57.4 Å². The minimum atomic E-state index is -0.211. The van der Waals surface area contributed by atoms with Crippen LogP contribution in [0.2, 0.25) is 5.02 Å². The number of nitrogens with one attached hydrogen (secondary N) is 3. The van der Waals surface area contributed by atoms with Gasteiger partial charge in [0.25, 0.3) is 0 Å². The zero-order valence-electron chi connectivity index (χ0n) is 19.0. The fourth-order valence-electron chi connectivity index (χ4n) is 4.67. The van der Waals surface area contributed by atoms with Gasteiger partial charge in [-0.2, -0.15) is 4.98 Å². The molecule has 1 fully saturated rings. The van der Waals surface area contributed by atoms with Crippen LogP contribution in [0, 0.1) is 5.92 Å². The van der Waals surface area contributed by atoms with Crippen LogP contribution in [0.4, 0.5) is 22.2 Å². The SMILES string of the molecule is CN(C)c1nc(NC2CCC(CNC(=O)Nc3ccccc3Cl)CC2)nc2c1CCCC2. The number of carbonyl (C=O) groups excluding carboxylic acids is 1. The lowest BCUT2D eigenvalue weighted by molar-refractivity contribution is 0.246. The minimum Gasteiger partial charge on any atom is -0.362 e. The zero-order valence-corrected chi connectivity index (χ0v) is 19.7. The van der Waals surface area contributed by atoms with Crippen LogP contribution in [-0.4, -0.2) is 42.7 Å². The highest BCUT2D eigenvalue weighted by Gasteiger charge is 2.24. The molecule has 172 valence electrons. The number of carbonyl (C=O) groups is 1. The van der Waals surface area contributed by atoms with Crippen molar-refractivity contribution >= 4 is 35.1 Å². The molecule has 1 saturated carbocycles. The fraction of sp³-hybridized carbons (Fsp3) is 0.542. The van der Waals surface area contributed by atoms with Crippen molar-refractivity contribution in [3.05, 3.63) is 40.5 Å². The number of benzene rings is 1. The number of urea groups is 1. The van der Waals surface area contributed by atoms with Gasteiger partial charge in [0, 0.05) is 32.2 Å². The van der Waals surface area contributed by atoms with Gasteiger partial charge in [0.05, 0.1) is 16.4 Å². The van der Waals surface area contributed by atoms with Crippen LogP contribution in [-0.2, 0) is 12.8 Å². The Balaban J connectivity index is 1.26. The van der Waals surface area contributed by atoms with Gasteiger partial charge in [0.2, 0.25) is 5.95 Å². The van der Waals surface area contributed by atoms with E-state index in [1.807, 2.05) is 12.1 Å². The summed E-state index contributed by atoms with van der Waals surface area (Å²) >= 11 is 6.10. The molecule has 8 heteroatoms. The summed E-state index contributed by atoms with van der Waals surface area (Å²) in [5.41, 5.74) is 3.15. The highest BCUT2D eigenvalue weighted by Crippen LogP contribution is 2.30. The van der Waals surface area contributed by atoms with E-state index in [2.05, 4.69) is 34.9 Å². The Labute approximate surface area is 195 Å². The van der Waals surface area contributed by atoms with Crippen molar-refractivity contribution < 1.29 is 4.79 Å². The van der Waals surface area contributed by atoms with Crippen LogP contribution in [0.15, 0.2) is 24.3 Å². The molecule has 1 aromatic carbocycles. The van der Waals surface area contributed by atoms with Crippen molar-refractivity contribution in [2.24, 2.45) is 5.92 Å². The molecule has 0 spiro atoms. The van der Waals surface area contributed by atoms with Gasteiger partial charge in [-0.15, -0.1) is 0 Å². The third-order valence-corrected chi connectivity index (χ3v) is 6.77. The van der Waals surface area contributed by atoms with Gasteiger partial charge in [-0.05, 0) is 69.4 Å². The number of rotatable bonds is 6. The van der Waals surface area contributed by atoms with Crippen molar-refractivity contribution in [3.63, 3.8) is 0 Å². The summed E-state index contributed by atoms with van der Waals surface area (Å²) in [4.78, 5) is 24.0. The maximum absolute atomic E-state index is 12.2. The summed E-state index contributed by atoms with van der Waals surface area (Å²) in [6, 6.07) is 7.41. The Kier molecular flexibility index (Phi) is 7.35. The van der Waals surface area contributed by atoms with E-state index in [1.165, 1.54) is 24.1 Å². The largest absolute Gasteiger partial charge is 0.362 e. The topological polar surface area (TPSA) is 82.2 Å². The number of fused-ring (bicyclic) bond motifs is 1. The third kappa shape index (κ3) is 5.63. The second kappa shape index (κ2) is 10.4. The Morgan fingerprint density at radius 2 is 1.84 bits per heavy atom. The number of hydrogen-bond donors (Lipinski definition) is 3. The Bertz CT molecular complexity index is 942. The van der Waals surface area contributed by atoms with Gasteiger partial charge in [0.1, 0.15) is 5.82 Å². The first-order valence-corrected chi connectivity index (χ1v) is 12.0. The van der Waals surface area contributed by atoms with Crippen molar-refractivity contribution in [1.82, 2.24) is 15.3 Å². The lowest BCUT2D eigenvalue weighted by Gasteiger charge is -2.30. The summed E-state index contributed by atoms with van der Waals surface area (Å²) < 4.78 is 0. The monoisotopic (exact) mass is 456 g/mol. The number of para-hydroxylation sites is 1. The Hall–Kier alpha value is -2.54. The molecule has 4 rings (SSSR count). The van der Waals surface area contributed by atoms with E-state index in [1.54, 1.807) is 12.1 Å². The van der Waals surface area contributed by atoms with E-state index in [0.29, 0.717) is 29.2 Å². The number of amides is 2. The summed E-state index contributed by atoms with van der Waals surface area (Å²) in [6.45, 7) is 0.670. The van der Waals surface area contributed by atoms with Gasteiger partial charge in [-0.25, -0.2) is 9.78 Å². The molecule has 2 aliphatic carbocycles. The van der Waals surface area contributed by atoms with Gasteiger partial charge >= 0.3 is 6.03 Å². The van der Waals surface area contributed by atoms with Crippen LogP contribution >= 0.6 is 11.6 Å². The molecular formula is C24H33ClN6O. The highest BCUT2D eigenvalue weighted by molar-refractivity contribution is 6.33. The second-order valence-electron chi connectivity index (χ2n) is 9.07. The second-order valence-corrected chi connectivity index (χ2v) is 9.48. The fourth-order valence-corrected chi connectivity index (χ4v) is 4.85. The van der Waals surface area contributed by atoms with E-state index in [4.69, 9.17) is 21.6 Å². The average Bonchev–Trinajstić information content (AvgIpc) is 2.79. The number of halogens is 1. The summed E-state index contributed by atoms with van der Waals surface area (Å²) in [5, 5.41) is 9.93. The third-order valence-electron chi connectivity index (χ3n) is 6.44. The summed E-state index contributed by atoms with van der Waals surface area (Å²) in [7, 11) is 4.11. The molecular weight excluding hydrogens is 424 g/mol. The van der Waals surface area contributed by atoms with Crippen molar-refractivity contribution in [2.75, 3.05) is 36.2 Å². The first kappa shape index (κ1) is 22.6. The lowest BCUT2D eigenvalue weighted by Crippen LogP contribution is -2.36. The Morgan fingerprint density at radius 3 is 2.59 bits per heavy atom. The molecule has 3 N–H and O–H groups in total. The van der Waals surface area contributed by atoms with Crippen LogP contribution in [0.5, 0.6) is 0 Å². The molecule has 1 heterocycles. The predicted octanol–water partition coefficient (Wildman–Crippen LogP) is 4.87. The first-order chi connectivity index (χ1) is 15.5. The van der Waals surface area contributed by atoms with Crippen LogP contribution < -0.4 is 20.9 Å². The normalized spacial score (nSPS) is 20.2. The maximum Gasteiger partial charge on any atom is 0.319 e. The molecule has 7 nitrogen and oxygen atoms in total. The molecule has 0 radical (unpaired) electrons. The molecule has 2 aliphatic rings. The summed E-state index contributed by atoms with van der Waals surface area (Å²) in [5.74, 6) is 2.29. The number of nitrogens with zero attached hydrogens (tertiary/aromatic N) is 3. The quantitative estimate of drug-likeness (QED) is 0.577. The maximum atomic E-state index is 12.2. The number of anilines is 3. The molecule has 0 saturated heterocycles. The molecule has 32 heavy (non-hydrogen) atoms. The molecule has 1 aromatic heterocycles. The number of hydrogen-bond acceptors (Lipinski definition) is 5. The van der Waals surface area contributed by atoms with Crippen LogP contribution in [0.3, 0.4) is 0 Å². The van der Waals surface area contributed by atoms with E-state index in [0.717, 1.165) is 50.3 Å². The number of aryl methyl sites for hydroxylation is 1. The van der Waals surface area contributed by atoms with E-state index < -0.39 is 0 Å². The average molecular weight is 457 g/mol. The summed E-state index contributed by atoms with van der Waals surface area (Å²) in [6.07, 6.45) is 8.78. The first-order valence-electron chi connectivity index (χ1n) is 11.6. The minimum absolute atomic E-state index is 0.211. The predicted molar refractivity (Wildman–Crippen MR) is 131 cm³/mol. The smallest absolute Gasteiger partial charge is 0.319 e. The molecule has 2 amide bonds. The van der Waals surface area contributed by atoms with Crippen LogP contribution in [0.1, 0.15) is 49.8 Å². The van der Waals surface area contributed by atoms with E-state index in [9.17, 15) is 4.79 Å². The van der Waals surface area contributed by atoms with Gasteiger partial charge < -0.3 is 20.9 Å². The highest BCUT2D eigenvalue weighted by atomic mass is 35.5. The zero-order chi connectivity index (χ0) is 22.5. The van der Waals surface area contributed by atoms with Gasteiger partial charge in [-0.3, -0.25) is 0 Å². The van der Waals surface area contributed by atoms with Crippen molar-refractivity contribution in [3.8, 4) is 0 Å². The molecule has 2 aromatic rings. The van der Waals surface area contributed by atoms with Gasteiger partial charge in [0.15, 0.2) is 0 Å². The standard InChI is InChI=1S/C24H33ClN6O/c1-31(2)22-18-7-3-5-9-20(18)28-23(30-22)27-17-13-11-16(12-14-17)15-26-24(32)29-21-10-6-4-8-19(21)25/h4,6,8,10,16-17H,3,5,7,9,11-15H2,1-2H3,(H2,26,29,32)(H,27,28,30). The van der Waals surface area contributed by atoms with Crippen molar-refractivity contribution in [1.29, 1.82) is 0 Å². The molecule has 0 atom stereocenters. The molecule has 0 unspecified atom stereocenters. The van der Waals surface area contributed by atoms with Gasteiger partial charge in [-0.1, -0.05) is 23.7 Å². The Morgan fingerprint density at radius 1 is 1.09 bits per heavy atom. The molecule has 0 bridgehead atoms. The lowest BCUT2D eigenvalue weighted by atomic mass is 9.86. The van der Waals surface area contributed by atoms with E-state index >= 15 is 0 Å². The van der Waals surface area contributed by atoms with Crippen LogP contribution in [0.25, 0.3) is 0 Å².